The molecule has 1 N–H and O–H groups in total. The van der Waals surface area contributed by atoms with E-state index >= 15 is 0 Å². The molecule has 20 heavy (non-hydrogen) atoms. The van der Waals surface area contributed by atoms with Gasteiger partial charge in [0.1, 0.15) is 0 Å². The van der Waals surface area contributed by atoms with Crippen molar-refractivity contribution in [1.82, 2.24) is 10.2 Å². The lowest BCUT2D eigenvalue weighted by Gasteiger charge is -2.42. The SMILES string of the molecule is CCCNCC1(CN(C)CCCOC)CCC(C)CC1. The molecule has 0 aromatic rings. The zero-order valence-electron chi connectivity index (χ0n) is 14.2. The predicted molar refractivity (Wildman–Crippen MR) is 87.2 cm³/mol. The molecule has 0 saturated heterocycles. The van der Waals surface area contributed by atoms with Gasteiger partial charge < -0.3 is 15.0 Å². The van der Waals surface area contributed by atoms with E-state index < -0.39 is 0 Å². The summed E-state index contributed by atoms with van der Waals surface area (Å²) < 4.78 is 5.16. The van der Waals surface area contributed by atoms with Gasteiger partial charge in [-0.3, -0.25) is 0 Å². The molecule has 0 heterocycles. The quantitative estimate of drug-likeness (QED) is 0.624. The van der Waals surface area contributed by atoms with Crippen LogP contribution in [0, 0.1) is 11.3 Å². The van der Waals surface area contributed by atoms with Crippen LogP contribution in [-0.2, 0) is 4.74 Å². The van der Waals surface area contributed by atoms with Crippen molar-refractivity contribution in [3.63, 3.8) is 0 Å². The maximum atomic E-state index is 5.16. The fourth-order valence-electron chi connectivity index (χ4n) is 3.43. The topological polar surface area (TPSA) is 24.5 Å². The number of methoxy groups -OCH3 is 1. The van der Waals surface area contributed by atoms with Crippen LogP contribution >= 0.6 is 0 Å². The fourth-order valence-corrected chi connectivity index (χ4v) is 3.43. The van der Waals surface area contributed by atoms with Crippen LogP contribution in [0.15, 0.2) is 0 Å². The van der Waals surface area contributed by atoms with Gasteiger partial charge in [0.25, 0.3) is 0 Å². The first-order valence-corrected chi connectivity index (χ1v) is 8.50. The van der Waals surface area contributed by atoms with E-state index in [0.717, 1.165) is 32.0 Å². The molecule has 3 heteroatoms. The highest BCUT2D eigenvalue weighted by atomic mass is 16.5. The van der Waals surface area contributed by atoms with E-state index in [-0.39, 0.29) is 0 Å². The molecule has 0 unspecified atom stereocenters. The van der Waals surface area contributed by atoms with Crippen molar-refractivity contribution in [2.24, 2.45) is 11.3 Å². The molecule has 0 aromatic carbocycles. The minimum Gasteiger partial charge on any atom is -0.385 e. The second-order valence-corrected chi connectivity index (χ2v) is 6.94. The maximum absolute atomic E-state index is 5.16. The lowest BCUT2D eigenvalue weighted by atomic mass is 9.70. The molecule has 1 rings (SSSR count). The van der Waals surface area contributed by atoms with Crippen LogP contribution in [0.25, 0.3) is 0 Å². The molecule has 0 atom stereocenters. The van der Waals surface area contributed by atoms with E-state index in [9.17, 15) is 0 Å². The van der Waals surface area contributed by atoms with E-state index in [2.05, 4.69) is 31.1 Å². The van der Waals surface area contributed by atoms with Gasteiger partial charge in [-0.15, -0.1) is 0 Å². The minimum atomic E-state index is 0.503. The van der Waals surface area contributed by atoms with Gasteiger partial charge in [0.2, 0.25) is 0 Å². The van der Waals surface area contributed by atoms with Gasteiger partial charge in [-0.2, -0.15) is 0 Å². The first kappa shape index (κ1) is 17.9. The second kappa shape index (κ2) is 9.75. The summed E-state index contributed by atoms with van der Waals surface area (Å²) in [5.41, 5.74) is 0.503. The molecule has 1 aliphatic carbocycles. The van der Waals surface area contributed by atoms with Gasteiger partial charge in [0.05, 0.1) is 0 Å². The molecule has 0 amide bonds. The summed E-state index contributed by atoms with van der Waals surface area (Å²) in [6, 6.07) is 0. The van der Waals surface area contributed by atoms with Crippen molar-refractivity contribution in [2.75, 3.05) is 46.9 Å². The highest BCUT2D eigenvalue weighted by molar-refractivity contribution is 4.89. The van der Waals surface area contributed by atoms with Crippen LogP contribution in [0.2, 0.25) is 0 Å². The van der Waals surface area contributed by atoms with Crippen LogP contribution in [0.1, 0.15) is 52.4 Å². The van der Waals surface area contributed by atoms with E-state index in [1.807, 2.05) is 0 Å². The van der Waals surface area contributed by atoms with E-state index in [4.69, 9.17) is 4.74 Å². The van der Waals surface area contributed by atoms with Crippen LogP contribution in [0.5, 0.6) is 0 Å². The number of rotatable bonds is 10. The third-order valence-electron chi connectivity index (χ3n) is 4.76. The Morgan fingerprint density at radius 2 is 2.00 bits per heavy atom. The summed E-state index contributed by atoms with van der Waals surface area (Å²) in [5.74, 6) is 0.924. The summed E-state index contributed by atoms with van der Waals surface area (Å²) in [6.07, 6.45) is 7.95. The number of nitrogens with zero attached hydrogens (tertiary/aromatic N) is 1. The van der Waals surface area contributed by atoms with Crippen LogP contribution in [-0.4, -0.2) is 51.8 Å². The molecule has 1 aliphatic rings. The summed E-state index contributed by atoms with van der Waals surface area (Å²) in [7, 11) is 4.06. The molecular formula is C17H36N2O. The number of nitrogens with one attached hydrogen (secondary N) is 1. The fraction of sp³-hybridized carbons (Fsp3) is 1.00. The van der Waals surface area contributed by atoms with Gasteiger partial charge in [-0.1, -0.05) is 26.7 Å². The van der Waals surface area contributed by atoms with Crippen LogP contribution < -0.4 is 5.32 Å². The summed E-state index contributed by atoms with van der Waals surface area (Å²) in [4.78, 5) is 2.52. The Labute approximate surface area is 126 Å². The van der Waals surface area contributed by atoms with Gasteiger partial charge in [0, 0.05) is 33.4 Å². The first-order valence-electron chi connectivity index (χ1n) is 8.50. The maximum Gasteiger partial charge on any atom is 0.0474 e. The number of ether oxygens (including phenoxy) is 1. The molecule has 0 spiro atoms. The minimum absolute atomic E-state index is 0.503. The highest BCUT2D eigenvalue weighted by Gasteiger charge is 2.34. The Bertz CT molecular complexity index is 237. The van der Waals surface area contributed by atoms with E-state index in [1.165, 1.54) is 45.2 Å². The predicted octanol–water partition coefficient (Wildman–Crippen LogP) is 3.15. The normalized spacial score (nSPS) is 27.1. The second-order valence-electron chi connectivity index (χ2n) is 6.94. The summed E-state index contributed by atoms with van der Waals surface area (Å²) >= 11 is 0. The Kier molecular flexibility index (Phi) is 8.74. The first-order chi connectivity index (χ1) is 9.62. The average molecular weight is 284 g/mol. The van der Waals surface area contributed by atoms with Gasteiger partial charge in [-0.25, -0.2) is 0 Å². The Balaban J connectivity index is 2.44. The number of hydrogen-bond acceptors (Lipinski definition) is 3. The van der Waals surface area contributed by atoms with Crippen molar-refractivity contribution < 1.29 is 4.74 Å². The molecule has 0 bridgehead atoms. The van der Waals surface area contributed by atoms with Crippen molar-refractivity contribution in [2.45, 2.75) is 52.4 Å². The molecule has 0 radical (unpaired) electrons. The zero-order valence-corrected chi connectivity index (χ0v) is 14.2. The zero-order chi connectivity index (χ0) is 14.8. The monoisotopic (exact) mass is 284 g/mol. The standard InChI is InChI=1S/C17H36N2O/c1-5-11-18-14-17(9-7-16(2)8-10-17)15-19(3)12-6-13-20-4/h16,18H,5-15H2,1-4H3. The van der Waals surface area contributed by atoms with Crippen molar-refractivity contribution in [3.8, 4) is 0 Å². The Morgan fingerprint density at radius 3 is 2.60 bits per heavy atom. The molecule has 3 nitrogen and oxygen atoms in total. The van der Waals surface area contributed by atoms with Crippen molar-refractivity contribution in [1.29, 1.82) is 0 Å². The molecule has 1 fully saturated rings. The van der Waals surface area contributed by atoms with Crippen LogP contribution in [0.3, 0.4) is 0 Å². The lowest BCUT2D eigenvalue weighted by Crippen LogP contribution is -2.45. The van der Waals surface area contributed by atoms with Gasteiger partial charge >= 0.3 is 0 Å². The largest absolute Gasteiger partial charge is 0.385 e. The van der Waals surface area contributed by atoms with Crippen molar-refractivity contribution >= 4 is 0 Å². The summed E-state index contributed by atoms with van der Waals surface area (Å²) in [6.45, 7) is 10.3. The van der Waals surface area contributed by atoms with Crippen LogP contribution in [0.4, 0.5) is 0 Å². The van der Waals surface area contributed by atoms with E-state index in [0.29, 0.717) is 5.41 Å². The molecule has 1 saturated carbocycles. The molecule has 0 aromatic heterocycles. The smallest absolute Gasteiger partial charge is 0.0474 e. The van der Waals surface area contributed by atoms with Gasteiger partial charge in [0.15, 0.2) is 0 Å². The Morgan fingerprint density at radius 1 is 1.30 bits per heavy atom. The Hall–Kier alpha value is -0.120. The molecule has 120 valence electrons. The van der Waals surface area contributed by atoms with Crippen molar-refractivity contribution in [3.05, 3.63) is 0 Å². The third kappa shape index (κ3) is 6.55. The third-order valence-corrected chi connectivity index (χ3v) is 4.76. The summed E-state index contributed by atoms with van der Waals surface area (Å²) in [5, 5.41) is 3.68. The lowest BCUT2D eigenvalue weighted by molar-refractivity contribution is 0.0928. The van der Waals surface area contributed by atoms with E-state index in [1.54, 1.807) is 7.11 Å². The molecular weight excluding hydrogens is 248 g/mol. The highest BCUT2D eigenvalue weighted by Crippen LogP contribution is 2.39. The van der Waals surface area contributed by atoms with Gasteiger partial charge in [-0.05, 0) is 50.6 Å². The average Bonchev–Trinajstić information content (AvgIpc) is 2.43. The molecule has 0 aliphatic heterocycles. The number of hydrogen-bond donors (Lipinski definition) is 1.